The smallest absolute Gasteiger partial charge is 0.234 e. The summed E-state index contributed by atoms with van der Waals surface area (Å²) in [6.45, 7) is 4.88. The van der Waals surface area contributed by atoms with E-state index in [9.17, 15) is 9.59 Å². The summed E-state index contributed by atoms with van der Waals surface area (Å²) in [4.78, 5) is 35.0. The quantitative estimate of drug-likeness (QED) is 0.530. The molecule has 40 heavy (non-hydrogen) atoms. The molecular weight excluding hydrogens is 506 g/mol. The van der Waals surface area contributed by atoms with Crippen LogP contribution in [0.1, 0.15) is 43.1 Å². The van der Waals surface area contributed by atoms with Crippen molar-refractivity contribution < 1.29 is 19.1 Å². The standard InChI is InChI=1S/C31H37N5O4/c1-2-29-32-12-14-34(29)13-11-31(38)36-18-27-28(19-36)39-21-23-6-4-8-26(16-23)40-25-7-3-5-22(15-25)17-35(24-9-10-24)20-30(37)33-27/h3-8,12,14-16,24,27-28H,2,9-11,13,17-21H2,1H3,(H,33,37)/t27-,28-/m0/s1. The number of ether oxygens (including phenoxy) is 2. The Morgan fingerprint density at radius 3 is 2.60 bits per heavy atom. The van der Waals surface area contributed by atoms with E-state index in [1.807, 2.05) is 58.1 Å². The first kappa shape index (κ1) is 26.5. The summed E-state index contributed by atoms with van der Waals surface area (Å²) < 4.78 is 14.6. The average molecular weight is 544 g/mol. The minimum atomic E-state index is -0.299. The molecule has 0 spiro atoms. The van der Waals surface area contributed by atoms with Gasteiger partial charge in [-0.1, -0.05) is 31.2 Å². The fraction of sp³-hybridized carbons (Fsp3) is 0.452. The summed E-state index contributed by atoms with van der Waals surface area (Å²) in [5.41, 5.74) is 2.09. The minimum absolute atomic E-state index is 0.0349. The van der Waals surface area contributed by atoms with Gasteiger partial charge in [0.25, 0.3) is 0 Å². The van der Waals surface area contributed by atoms with Gasteiger partial charge in [0.1, 0.15) is 17.3 Å². The number of aromatic nitrogens is 2. The maximum atomic E-state index is 13.3. The summed E-state index contributed by atoms with van der Waals surface area (Å²) in [5, 5.41) is 3.22. The van der Waals surface area contributed by atoms with Crippen LogP contribution in [0.15, 0.2) is 60.9 Å². The van der Waals surface area contributed by atoms with Gasteiger partial charge in [0.05, 0.1) is 25.3 Å². The molecule has 210 valence electrons. The van der Waals surface area contributed by atoms with Crippen molar-refractivity contribution in [3.8, 4) is 11.5 Å². The topological polar surface area (TPSA) is 88.9 Å². The van der Waals surface area contributed by atoms with Crippen LogP contribution in [0.4, 0.5) is 0 Å². The molecule has 3 aromatic rings. The zero-order valence-electron chi connectivity index (χ0n) is 23.0. The number of hydrogen-bond donors (Lipinski definition) is 1. The summed E-state index contributed by atoms with van der Waals surface area (Å²) in [6.07, 6.45) is 6.80. The van der Waals surface area contributed by atoms with E-state index in [0.29, 0.717) is 51.8 Å². The van der Waals surface area contributed by atoms with Crippen LogP contribution in [0.5, 0.6) is 11.5 Å². The van der Waals surface area contributed by atoms with Gasteiger partial charge in [0, 0.05) is 57.5 Å². The number of carbonyl (C=O) groups is 2. The van der Waals surface area contributed by atoms with Gasteiger partial charge >= 0.3 is 0 Å². The Bertz CT molecular complexity index is 1350. The van der Waals surface area contributed by atoms with Crippen molar-refractivity contribution in [1.29, 1.82) is 0 Å². The Morgan fingerprint density at radius 2 is 1.82 bits per heavy atom. The number of fused-ring (bicyclic) bond motifs is 5. The number of imidazole rings is 1. The Labute approximate surface area is 235 Å². The largest absolute Gasteiger partial charge is 0.457 e. The first-order chi connectivity index (χ1) is 19.5. The molecule has 2 atom stereocenters. The molecule has 0 radical (unpaired) electrons. The van der Waals surface area contributed by atoms with E-state index in [-0.39, 0.29) is 24.0 Å². The van der Waals surface area contributed by atoms with Crippen LogP contribution < -0.4 is 10.1 Å². The molecule has 2 fully saturated rings. The first-order valence-corrected chi connectivity index (χ1v) is 14.3. The zero-order chi connectivity index (χ0) is 27.5. The number of nitrogens with one attached hydrogen (secondary N) is 1. The van der Waals surface area contributed by atoms with Gasteiger partial charge in [0.2, 0.25) is 11.8 Å². The maximum absolute atomic E-state index is 13.3. The van der Waals surface area contributed by atoms with Crippen molar-refractivity contribution >= 4 is 11.8 Å². The average Bonchev–Trinajstić information content (AvgIpc) is 3.57. The van der Waals surface area contributed by atoms with Crippen LogP contribution in [0.3, 0.4) is 0 Å². The van der Waals surface area contributed by atoms with Crippen molar-refractivity contribution in [3.63, 3.8) is 0 Å². The molecule has 0 unspecified atom stereocenters. The van der Waals surface area contributed by atoms with Crippen LogP contribution in [0.25, 0.3) is 0 Å². The Morgan fingerprint density at radius 1 is 1.05 bits per heavy atom. The number of likely N-dealkylation sites (tertiary alicyclic amines) is 1. The van der Waals surface area contributed by atoms with E-state index in [0.717, 1.165) is 47.7 Å². The van der Waals surface area contributed by atoms with Gasteiger partial charge in [-0.15, -0.1) is 0 Å². The second-order valence-electron chi connectivity index (χ2n) is 11.0. The molecule has 2 amide bonds. The van der Waals surface area contributed by atoms with Crippen molar-refractivity contribution in [2.45, 2.75) is 70.5 Å². The van der Waals surface area contributed by atoms with Gasteiger partial charge < -0.3 is 24.3 Å². The third kappa shape index (κ3) is 6.37. The molecule has 9 nitrogen and oxygen atoms in total. The van der Waals surface area contributed by atoms with E-state index < -0.39 is 0 Å². The molecule has 2 aliphatic heterocycles. The summed E-state index contributed by atoms with van der Waals surface area (Å²) in [7, 11) is 0. The van der Waals surface area contributed by atoms with Crippen LogP contribution in [-0.4, -0.2) is 69.0 Å². The number of hydrogen-bond acceptors (Lipinski definition) is 6. The number of rotatable bonds is 5. The number of carbonyl (C=O) groups excluding carboxylic acids is 2. The van der Waals surface area contributed by atoms with Gasteiger partial charge in [-0.25, -0.2) is 4.98 Å². The van der Waals surface area contributed by atoms with Gasteiger partial charge in [-0.3, -0.25) is 14.5 Å². The highest BCUT2D eigenvalue weighted by Crippen LogP contribution is 2.30. The SMILES string of the molecule is CCc1nccn1CCC(=O)N1C[C@@H]2NC(=O)CN(C3CC3)Cc3cccc(c3)Oc3cccc(c3)CO[C@H]2C1. The third-order valence-electron chi connectivity index (χ3n) is 7.94. The molecule has 1 N–H and O–H groups in total. The summed E-state index contributed by atoms with van der Waals surface area (Å²) >= 11 is 0. The minimum Gasteiger partial charge on any atom is -0.457 e. The summed E-state index contributed by atoms with van der Waals surface area (Å²) in [6, 6.07) is 16.1. The summed E-state index contributed by atoms with van der Waals surface area (Å²) in [5.74, 6) is 2.52. The highest BCUT2D eigenvalue weighted by Gasteiger charge is 2.38. The van der Waals surface area contributed by atoms with Crippen molar-refractivity contribution in [2.75, 3.05) is 19.6 Å². The van der Waals surface area contributed by atoms with Crippen molar-refractivity contribution in [2.24, 2.45) is 0 Å². The molecule has 6 rings (SSSR count). The van der Waals surface area contributed by atoms with E-state index in [1.54, 1.807) is 6.20 Å². The first-order valence-electron chi connectivity index (χ1n) is 14.3. The number of aryl methyl sites for hydroxylation is 2. The molecule has 4 bridgehead atoms. The second kappa shape index (κ2) is 11.8. The zero-order valence-corrected chi connectivity index (χ0v) is 23.0. The van der Waals surface area contributed by atoms with Crippen LogP contribution >= 0.6 is 0 Å². The lowest BCUT2D eigenvalue weighted by molar-refractivity contribution is -0.131. The molecule has 1 aliphatic carbocycles. The van der Waals surface area contributed by atoms with Crippen molar-refractivity contribution in [3.05, 3.63) is 77.9 Å². The highest BCUT2D eigenvalue weighted by molar-refractivity contribution is 5.79. The normalized spacial score (nSPS) is 21.9. The van der Waals surface area contributed by atoms with Gasteiger partial charge in [-0.2, -0.15) is 0 Å². The molecule has 1 saturated carbocycles. The maximum Gasteiger partial charge on any atom is 0.234 e. The monoisotopic (exact) mass is 543 g/mol. The molecule has 3 aliphatic rings. The molecule has 9 heteroatoms. The van der Waals surface area contributed by atoms with E-state index in [1.165, 1.54) is 0 Å². The van der Waals surface area contributed by atoms with Crippen LogP contribution in [0, 0.1) is 0 Å². The van der Waals surface area contributed by atoms with Crippen LogP contribution in [-0.2, 0) is 40.4 Å². The molecule has 2 aromatic carbocycles. The van der Waals surface area contributed by atoms with Gasteiger partial charge in [0.15, 0.2) is 0 Å². The highest BCUT2D eigenvalue weighted by atomic mass is 16.5. The Hall–Kier alpha value is -3.69. The van der Waals surface area contributed by atoms with E-state index in [2.05, 4.69) is 28.2 Å². The lowest BCUT2D eigenvalue weighted by atomic mass is 10.1. The fourth-order valence-electron chi connectivity index (χ4n) is 5.69. The number of benzene rings is 2. The second-order valence-corrected chi connectivity index (χ2v) is 11.0. The molecule has 3 heterocycles. The predicted molar refractivity (Wildman–Crippen MR) is 150 cm³/mol. The Balaban J connectivity index is 1.19. The Kier molecular flexibility index (Phi) is 7.84. The molecule has 1 aromatic heterocycles. The number of amides is 2. The number of nitrogens with zero attached hydrogens (tertiary/aromatic N) is 4. The molecule has 1 saturated heterocycles. The lowest BCUT2D eigenvalue weighted by Crippen LogP contribution is -2.48. The third-order valence-corrected chi connectivity index (χ3v) is 7.94. The molecular formula is C31H37N5O4. The lowest BCUT2D eigenvalue weighted by Gasteiger charge is -2.25. The van der Waals surface area contributed by atoms with Crippen molar-refractivity contribution in [1.82, 2.24) is 24.7 Å². The van der Waals surface area contributed by atoms with Crippen LogP contribution in [0.2, 0.25) is 0 Å². The van der Waals surface area contributed by atoms with E-state index in [4.69, 9.17) is 9.47 Å². The van der Waals surface area contributed by atoms with Gasteiger partial charge in [-0.05, 0) is 48.2 Å². The fourth-order valence-corrected chi connectivity index (χ4v) is 5.69. The predicted octanol–water partition coefficient (Wildman–Crippen LogP) is 3.52. The van der Waals surface area contributed by atoms with E-state index >= 15 is 0 Å².